The van der Waals surface area contributed by atoms with Crippen LogP contribution in [0, 0.1) is 0 Å². The van der Waals surface area contributed by atoms with Crippen molar-refractivity contribution in [1.82, 2.24) is 24.5 Å². The fourth-order valence-electron chi connectivity index (χ4n) is 3.20. The Labute approximate surface area is 197 Å². The number of rotatable bonds is 6. The molecule has 7 nitrogen and oxygen atoms in total. The molecule has 0 fully saturated rings. The summed E-state index contributed by atoms with van der Waals surface area (Å²) in [7, 11) is 0. The molecule has 0 spiro atoms. The predicted molar refractivity (Wildman–Crippen MR) is 111 cm³/mol. The summed E-state index contributed by atoms with van der Waals surface area (Å²) in [5.74, 6) is -0.371. The van der Waals surface area contributed by atoms with Gasteiger partial charge in [0, 0.05) is 22.7 Å². The van der Waals surface area contributed by atoms with Crippen LogP contribution in [0.4, 0.5) is 26.3 Å². The zero-order chi connectivity index (χ0) is 25.4. The van der Waals surface area contributed by atoms with Crippen LogP contribution in [0.5, 0.6) is 0 Å². The summed E-state index contributed by atoms with van der Waals surface area (Å²) in [5, 5.41) is 8.13. The second-order valence-corrected chi connectivity index (χ2v) is 7.81. The average Bonchev–Trinajstić information content (AvgIpc) is 3.37. The molecule has 0 aliphatic carbocycles. The minimum absolute atomic E-state index is 0.0275. The lowest BCUT2D eigenvalue weighted by molar-refractivity contribution is -0.138. The molecule has 0 amide bonds. The van der Waals surface area contributed by atoms with Crippen LogP contribution < -0.4 is 5.69 Å². The zero-order valence-corrected chi connectivity index (χ0v) is 18.2. The predicted octanol–water partition coefficient (Wildman–Crippen LogP) is 5.43. The van der Waals surface area contributed by atoms with Crippen molar-refractivity contribution < 1.29 is 30.9 Å². The van der Waals surface area contributed by atoms with Crippen molar-refractivity contribution in [3.8, 4) is 22.8 Å². The summed E-state index contributed by atoms with van der Waals surface area (Å²) >= 11 is 5.86. The van der Waals surface area contributed by atoms with E-state index in [2.05, 4.69) is 15.2 Å². The van der Waals surface area contributed by atoms with Crippen molar-refractivity contribution >= 4 is 11.6 Å². The minimum Gasteiger partial charge on any atom is -0.337 e. The maximum Gasteiger partial charge on any atom is 0.416 e. The summed E-state index contributed by atoms with van der Waals surface area (Å²) in [6, 6.07) is 10.2. The molecule has 0 N–H and O–H groups in total. The van der Waals surface area contributed by atoms with Crippen molar-refractivity contribution in [2.24, 2.45) is 0 Å². The largest absolute Gasteiger partial charge is 0.416 e. The number of hydrogen-bond acceptors (Lipinski definition) is 5. The summed E-state index contributed by atoms with van der Waals surface area (Å²) < 4.78 is 84.1. The highest BCUT2D eigenvalue weighted by atomic mass is 35.5. The second kappa shape index (κ2) is 9.21. The van der Waals surface area contributed by atoms with Crippen molar-refractivity contribution in [2.45, 2.75) is 31.9 Å². The van der Waals surface area contributed by atoms with Crippen molar-refractivity contribution in [3.63, 3.8) is 0 Å². The molecule has 184 valence electrons. The van der Waals surface area contributed by atoms with Gasteiger partial charge in [0.15, 0.2) is 5.82 Å². The Hall–Kier alpha value is -3.61. The highest BCUT2D eigenvalue weighted by molar-refractivity contribution is 6.30. The lowest BCUT2D eigenvalue weighted by Gasteiger charge is -2.08. The van der Waals surface area contributed by atoms with E-state index in [1.54, 1.807) is 0 Å². The van der Waals surface area contributed by atoms with Gasteiger partial charge in [0.2, 0.25) is 11.7 Å². The molecule has 0 unspecified atom stereocenters. The molecule has 4 aromatic rings. The number of benzene rings is 2. The van der Waals surface area contributed by atoms with Gasteiger partial charge in [0.05, 0.1) is 12.0 Å². The maximum absolute atomic E-state index is 13.0. The lowest BCUT2D eigenvalue weighted by Crippen LogP contribution is -2.27. The molecule has 2 heterocycles. The zero-order valence-electron chi connectivity index (χ0n) is 17.4. The topological polar surface area (TPSA) is 78.7 Å². The maximum atomic E-state index is 13.0. The van der Waals surface area contributed by atoms with Crippen LogP contribution in [0.1, 0.15) is 17.9 Å². The quantitative estimate of drug-likeness (QED) is 0.319. The molecule has 0 saturated heterocycles. The van der Waals surface area contributed by atoms with Gasteiger partial charge in [-0.05, 0) is 36.4 Å². The Kier molecular flexibility index (Phi) is 6.45. The van der Waals surface area contributed by atoms with E-state index in [1.807, 2.05) is 0 Å². The summed E-state index contributed by atoms with van der Waals surface area (Å²) in [5.41, 5.74) is -1.39. The van der Waals surface area contributed by atoms with E-state index in [0.29, 0.717) is 10.6 Å². The van der Waals surface area contributed by atoms with Gasteiger partial charge in [0.25, 0.3) is 0 Å². The molecule has 4 rings (SSSR count). The van der Waals surface area contributed by atoms with E-state index < -0.39 is 43.1 Å². The molecule has 0 saturated carbocycles. The van der Waals surface area contributed by atoms with Crippen LogP contribution in [-0.4, -0.2) is 30.7 Å². The number of alkyl halides is 6. The minimum atomic E-state index is -4.57. The first-order valence-corrected chi connectivity index (χ1v) is 10.3. The fraction of sp³-hybridized carbons (Fsp3) is 0.238. The van der Waals surface area contributed by atoms with Gasteiger partial charge >= 0.3 is 18.0 Å². The highest BCUT2D eigenvalue weighted by Gasteiger charge is 2.31. The van der Waals surface area contributed by atoms with Crippen molar-refractivity contribution in [1.29, 1.82) is 0 Å². The van der Waals surface area contributed by atoms with Gasteiger partial charge in [-0.25, -0.2) is 9.48 Å². The van der Waals surface area contributed by atoms with E-state index in [0.717, 1.165) is 21.4 Å². The van der Waals surface area contributed by atoms with Gasteiger partial charge in [-0.3, -0.25) is 4.57 Å². The Balaban J connectivity index is 1.65. The van der Waals surface area contributed by atoms with E-state index in [-0.39, 0.29) is 23.1 Å². The summed E-state index contributed by atoms with van der Waals surface area (Å²) in [6.45, 7) is -1.09. The van der Waals surface area contributed by atoms with Crippen molar-refractivity contribution in [2.75, 3.05) is 0 Å². The van der Waals surface area contributed by atoms with E-state index >= 15 is 0 Å². The second-order valence-electron chi connectivity index (χ2n) is 7.38. The van der Waals surface area contributed by atoms with Crippen LogP contribution in [-0.2, 0) is 19.3 Å². The molecule has 0 aliphatic heterocycles. The normalized spacial score (nSPS) is 12.3. The third kappa shape index (κ3) is 5.73. The van der Waals surface area contributed by atoms with Crippen LogP contribution in [0.2, 0.25) is 5.02 Å². The van der Waals surface area contributed by atoms with Crippen LogP contribution in [0.15, 0.2) is 57.8 Å². The highest BCUT2D eigenvalue weighted by Crippen LogP contribution is 2.31. The standard InChI is InChI=1S/C21H14ClF6N5O2/c22-15-6-4-12(5-7-15)18-30-33(19(34)32(18)9-8-20(23,24)25)11-16-29-17(31-35-16)13-2-1-3-14(10-13)21(26,27)28/h1-7,10H,8-9,11H2. The first kappa shape index (κ1) is 24.5. The molecule has 2 aromatic carbocycles. The molecule has 0 aliphatic rings. The molecule has 0 atom stereocenters. The smallest absolute Gasteiger partial charge is 0.337 e. The Morgan fingerprint density at radius 2 is 1.69 bits per heavy atom. The third-order valence-electron chi connectivity index (χ3n) is 4.85. The van der Waals surface area contributed by atoms with Gasteiger partial charge in [-0.1, -0.05) is 28.9 Å². The fourth-order valence-corrected chi connectivity index (χ4v) is 3.32. The van der Waals surface area contributed by atoms with E-state index in [1.165, 1.54) is 36.4 Å². The number of hydrogen-bond donors (Lipinski definition) is 0. The Morgan fingerprint density at radius 1 is 0.971 bits per heavy atom. The molecule has 2 aromatic heterocycles. The monoisotopic (exact) mass is 517 g/mol. The summed E-state index contributed by atoms with van der Waals surface area (Å²) in [4.78, 5) is 16.8. The average molecular weight is 518 g/mol. The van der Waals surface area contributed by atoms with Gasteiger partial charge in [0.1, 0.15) is 6.54 Å². The van der Waals surface area contributed by atoms with Crippen LogP contribution >= 0.6 is 11.6 Å². The van der Waals surface area contributed by atoms with Gasteiger partial charge in [-0.2, -0.15) is 31.3 Å². The van der Waals surface area contributed by atoms with Gasteiger partial charge in [-0.15, -0.1) is 5.10 Å². The third-order valence-corrected chi connectivity index (χ3v) is 5.10. The van der Waals surface area contributed by atoms with Crippen LogP contribution in [0.25, 0.3) is 22.8 Å². The Morgan fingerprint density at radius 3 is 2.34 bits per heavy atom. The first-order chi connectivity index (χ1) is 16.4. The van der Waals surface area contributed by atoms with E-state index in [4.69, 9.17) is 16.1 Å². The molecule has 35 heavy (non-hydrogen) atoms. The molecule has 14 heteroatoms. The SMILES string of the molecule is O=c1n(Cc2nc(-c3cccc(C(F)(F)F)c3)no2)nc(-c2ccc(Cl)cc2)n1CCC(F)(F)F. The molecule has 0 radical (unpaired) electrons. The molecular weight excluding hydrogens is 504 g/mol. The Bertz CT molecular complexity index is 1390. The van der Waals surface area contributed by atoms with E-state index in [9.17, 15) is 31.1 Å². The first-order valence-electron chi connectivity index (χ1n) is 9.91. The molecular formula is C21H14ClF6N5O2. The van der Waals surface area contributed by atoms with Crippen LogP contribution in [0.3, 0.4) is 0 Å². The number of nitrogens with zero attached hydrogens (tertiary/aromatic N) is 5. The van der Waals surface area contributed by atoms with Gasteiger partial charge < -0.3 is 4.52 Å². The number of aromatic nitrogens is 5. The lowest BCUT2D eigenvalue weighted by atomic mass is 10.1. The van der Waals surface area contributed by atoms with Crippen molar-refractivity contribution in [3.05, 3.63) is 75.5 Å². The number of halogens is 7. The molecule has 0 bridgehead atoms. The summed E-state index contributed by atoms with van der Waals surface area (Å²) in [6.07, 6.45) is -10.3.